The van der Waals surface area contributed by atoms with E-state index in [-0.39, 0.29) is 16.1 Å². The fourth-order valence-corrected chi connectivity index (χ4v) is 2.16. The maximum Gasteiger partial charge on any atom is 0.257 e. The average Bonchev–Trinajstić information content (AvgIpc) is 2.41. The Morgan fingerprint density at radius 3 is 2.67 bits per heavy atom. The number of fused-ring (bicyclic) bond motifs is 1. The van der Waals surface area contributed by atoms with E-state index in [1.54, 1.807) is 0 Å². The standard InChI is InChI=1S/C9H4Cl2FNOS/c10-7(11)6-4(12)2-1-3-5(6)8(14)13-9(3)15/h1-2,7H,(H,13,14,15). The lowest BCUT2D eigenvalue weighted by Crippen LogP contribution is -2.19. The number of nitrogens with one attached hydrogen (secondary N) is 1. The first kappa shape index (κ1) is 10.8. The molecule has 6 heteroatoms. The highest BCUT2D eigenvalue weighted by Gasteiger charge is 2.30. The van der Waals surface area contributed by atoms with Crippen LogP contribution in [0, 0.1) is 5.82 Å². The molecule has 2 nitrogen and oxygen atoms in total. The fourth-order valence-electron chi connectivity index (χ4n) is 1.47. The van der Waals surface area contributed by atoms with Gasteiger partial charge >= 0.3 is 0 Å². The first-order valence-corrected chi connectivity index (χ1v) is 5.26. The molecule has 1 N–H and O–H groups in total. The number of carbonyl (C=O) groups is 1. The van der Waals surface area contributed by atoms with Crippen molar-refractivity contribution >= 4 is 46.3 Å². The lowest BCUT2D eigenvalue weighted by molar-refractivity contribution is 0.0982. The second-order valence-electron chi connectivity index (χ2n) is 2.97. The Hall–Kier alpha value is -0.710. The van der Waals surface area contributed by atoms with Crippen molar-refractivity contribution in [2.24, 2.45) is 0 Å². The van der Waals surface area contributed by atoms with E-state index in [0.717, 1.165) is 0 Å². The number of hydrogen-bond donors (Lipinski definition) is 1. The molecule has 0 atom stereocenters. The van der Waals surface area contributed by atoms with Crippen LogP contribution in [-0.4, -0.2) is 10.9 Å². The van der Waals surface area contributed by atoms with Gasteiger partial charge in [0.25, 0.3) is 5.91 Å². The summed E-state index contributed by atoms with van der Waals surface area (Å²) in [5.41, 5.74) is 0.584. The molecule has 2 rings (SSSR count). The molecule has 0 fully saturated rings. The number of amides is 1. The second kappa shape index (κ2) is 3.70. The highest BCUT2D eigenvalue weighted by molar-refractivity contribution is 7.80. The van der Waals surface area contributed by atoms with Gasteiger partial charge in [0.15, 0.2) is 0 Å². The van der Waals surface area contributed by atoms with Gasteiger partial charge in [-0.15, -0.1) is 0 Å². The Balaban J connectivity index is 2.76. The van der Waals surface area contributed by atoms with Gasteiger partial charge in [0.1, 0.15) is 15.6 Å². The summed E-state index contributed by atoms with van der Waals surface area (Å²) in [6.45, 7) is 0. The smallest absolute Gasteiger partial charge is 0.257 e. The van der Waals surface area contributed by atoms with E-state index < -0.39 is 16.6 Å². The largest absolute Gasteiger partial charge is 0.312 e. The number of benzene rings is 1. The molecule has 1 aromatic carbocycles. The molecule has 78 valence electrons. The van der Waals surface area contributed by atoms with Crippen molar-refractivity contribution in [3.8, 4) is 0 Å². The van der Waals surface area contributed by atoms with Crippen LogP contribution in [0.1, 0.15) is 26.3 Å². The van der Waals surface area contributed by atoms with Crippen molar-refractivity contribution in [2.45, 2.75) is 4.84 Å². The van der Waals surface area contributed by atoms with Gasteiger partial charge in [-0.1, -0.05) is 35.4 Å². The van der Waals surface area contributed by atoms with Crippen LogP contribution < -0.4 is 5.32 Å². The highest BCUT2D eigenvalue weighted by Crippen LogP contribution is 2.34. The predicted octanol–water partition coefficient (Wildman–Crippen LogP) is 2.72. The number of carbonyl (C=O) groups excluding carboxylic acids is 1. The predicted molar refractivity (Wildman–Crippen MR) is 60.0 cm³/mol. The Kier molecular flexibility index (Phi) is 2.66. The minimum Gasteiger partial charge on any atom is -0.312 e. The summed E-state index contributed by atoms with van der Waals surface area (Å²) in [6.07, 6.45) is 0. The van der Waals surface area contributed by atoms with Crippen molar-refractivity contribution in [1.82, 2.24) is 5.32 Å². The number of hydrogen-bond acceptors (Lipinski definition) is 2. The van der Waals surface area contributed by atoms with Crippen molar-refractivity contribution in [3.63, 3.8) is 0 Å². The van der Waals surface area contributed by atoms with Gasteiger partial charge in [0.05, 0.1) is 5.56 Å². The number of rotatable bonds is 1. The highest BCUT2D eigenvalue weighted by atomic mass is 35.5. The summed E-state index contributed by atoms with van der Waals surface area (Å²) in [7, 11) is 0. The molecule has 15 heavy (non-hydrogen) atoms. The van der Waals surface area contributed by atoms with E-state index >= 15 is 0 Å². The van der Waals surface area contributed by atoms with E-state index in [1.165, 1.54) is 12.1 Å². The van der Waals surface area contributed by atoms with Crippen LogP contribution in [0.25, 0.3) is 0 Å². The Labute approximate surface area is 100 Å². The van der Waals surface area contributed by atoms with Crippen LogP contribution in [0.15, 0.2) is 12.1 Å². The van der Waals surface area contributed by atoms with Gasteiger partial charge in [-0.3, -0.25) is 4.79 Å². The van der Waals surface area contributed by atoms with Gasteiger partial charge in [-0.25, -0.2) is 4.39 Å². The number of thiocarbonyl (C=S) groups is 1. The fraction of sp³-hybridized carbons (Fsp3) is 0.111. The third kappa shape index (κ3) is 1.62. The third-order valence-electron chi connectivity index (χ3n) is 2.11. The molecule has 0 spiro atoms. The van der Waals surface area contributed by atoms with Gasteiger partial charge in [0.2, 0.25) is 0 Å². The molecular weight excluding hydrogens is 260 g/mol. The normalized spacial score (nSPS) is 14.4. The lowest BCUT2D eigenvalue weighted by Gasteiger charge is -2.07. The molecule has 0 saturated carbocycles. The lowest BCUT2D eigenvalue weighted by atomic mass is 10.0. The van der Waals surface area contributed by atoms with Crippen LogP contribution in [0.3, 0.4) is 0 Å². The second-order valence-corrected chi connectivity index (χ2v) is 4.47. The van der Waals surface area contributed by atoms with Crippen LogP contribution >= 0.6 is 35.4 Å². The van der Waals surface area contributed by atoms with Crippen molar-refractivity contribution < 1.29 is 9.18 Å². The first-order chi connectivity index (χ1) is 7.02. The summed E-state index contributed by atoms with van der Waals surface area (Å²) in [4.78, 5) is 10.6. The molecule has 0 aromatic heterocycles. The van der Waals surface area contributed by atoms with Crippen molar-refractivity contribution in [1.29, 1.82) is 0 Å². The van der Waals surface area contributed by atoms with Crippen LogP contribution in [0.2, 0.25) is 0 Å². The van der Waals surface area contributed by atoms with E-state index in [0.29, 0.717) is 5.56 Å². The molecule has 1 aliphatic rings. The number of alkyl halides is 2. The van der Waals surface area contributed by atoms with E-state index in [4.69, 9.17) is 35.4 Å². The Bertz CT molecular complexity index is 475. The quantitative estimate of drug-likeness (QED) is 0.624. The van der Waals surface area contributed by atoms with Gasteiger partial charge in [0, 0.05) is 11.1 Å². The van der Waals surface area contributed by atoms with E-state index in [9.17, 15) is 9.18 Å². The van der Waals surface area contributed by atoms with E-state index in [2.05, 4.69) is 5.32 Å². The molecule has 0 aliphatic carbocycles. The molecule has 1 aliphatic heterocycles. The van der Waals surface area contributed by atoms with Crippen LogP contribution in [0.5, 0.6) is 0 Å². The Morgan fingerprint density at radius 1 is 1.40 bits per heavy atom. The summed E-state index contributed by atoms with van der Waals surface area (Å²) in [5, 5.41) is 2.41. The minimum atomic E-state index is -1.09. The molecule has 0 bridgehead atoms. The summed E-state index contributed by atoms with van der Waals surface area (Å²) in [5.74, 6) is -1.07. The SMILES string of the molecule is O=C1NC(=S)c2ccc(F)c(C(Cl)Cl)c21. The Morgan fingerprint density at radius 2 is 2.07 bits per heavy atom. The first-order valence-electron chi connectivity index (χ1n) is 3.98. The average molecular weight is 264 g/mol. The van der Waals surface area contributed by atoms with Crippen LogP contribution in [-0.2, 0) is 0 Å². The summed E-state index contributed by atoms with van der Waals surface area (Å²) in [6, 6.07) is 2.63. The molecule has 0 radical (unpaired) electrons. The van der Waals surface area contributed by atoms with Crippen LogP contribution in [0.4, 0.5) is 4.39 Å². The molecule has 0 unspecified atom stereocenters. The molecule has 0 saturated heterocycles. The van der Waals surface area contributed by atoms with Gasteiger partial charge in [-0.2, -0.15) is 0 Å². The monoisotopic (exact) mass is 263 g/mol. The molecule has 1 heterocycles. The zero-order chi connectivity index (χ0) is 11.2. The van der Waals surface area contributed by atoms with Gasteiger partial charge in [-0.05, 0) is 12.1 Å². The molecular formula is C9H4Cl2FNOS. The van der Waals surface area contributed by atoms with E-state index in [1.807, 2.05) is 0 Å². The zero-order valence-corrected chi connectivity index (χ0v) is 9.51. The topological polar surface area (TPSA) is 29.1 Å². The summed E-state index contributed by atoms with van der Waals surface area (Å²) >= 11 is 16.1. The third-order valence-corrected chi connectivity index (χ3v) is 2.87. The van der Waals surface area contributed by atoms with Gasteiger partial charge < -0.3 is 5.32 Å². The van der Waals surface area contributed by atoms with Crippen molar-refractivity contribution in [3.05, 3.63) is 34.6 Å². The molecule has 1 amide bonds. The summed E-state index contributed by atoms with van der Waals surface area (Å²) < 4.78 is 13.4. The minimum absolute atomic E-state index is 0.0202. The molecule has 1 aromatic rings. The van der Waals surface area contributed by atoms with Crippen molar-refractivity contribution in [2.75, 3.05) is 0 Å². The maximum absolute atomic E-state index is 13.4. The zero-order valence-electron chi connectivity index (χ0n) is 7.18. The number of halogens is 3. The maximum atomic E-state index is 13.4.